The van der Waals surface area contributed by atoms with Crippen LogP contribution in [-0.2, 0) is 13.0 Å². The minimum atomic E-state index is 0.287. The molecule has 0 radical (unpaired) electrons. The Bertz CT molecular complexity index is 474. The Labute approximate surface area is 107 Å². The van der Waals surface area contributed by atoms with Gasteiger partial charge in [-0.3, -0.25) is 0 Å². The van der Waals surface area contributed by atoms with Crippen molar-refractivity contribution in [3.63, 3.8) is 0 Å². The lowest BCUT2D eigenvalue weighted by atomic mass is 10.1. The van der Waals surface area contributed by atoms with Crippen LogP contribution >= 0.6 is 15.9 Å². The Morgan fingerprint density at radius 3 is 3.00 bits per heavy atom. The second kappa shape index (κ2) is 5.79. The molecule has 0 unspecified atom stereocenters. The van der Waals surface area contributed by atoms with Gasteiger partial charge in [0.2, 0.25) is 12.2 Å². The second-order valence-electron chi connectivity index (χ2n) is 3.43. The average Bonchev–Trinajstić information content (AvgIpc) is 2.81. The normalized spacial score (nSPS) is 10.5. The molecular weight excluding hydrogens is 286 g/mol. The summed E-state index contributed by atoms with van der Waals surface area (Å²) in [4.78, 5) is 3.89. The highest BCUT2D eigenvalue weighted by atomic mass is 79.9. The third-order valence-corrected chi connectivity index (χ3v) is 2.69. The molecule has 17 heavy (non-hydrogen) atoms. The van der Waals surface area contributed by atoms with Crippen LogP contribution in [0.25, 0.3) is 0 Å². The van der Waals surface area contributed by atoms with E-state index in [1.54, 1.807) is 0 Å². The van der Waals surface area contributed by atoms with Crippen LogP contribution in [0.4, 0.5) is 0 Å². The zero-order valence-electron chi connectivity index (χ0n) is 9.10. The third-order valence-electron chi connectivity index (χ3n) is 2.20. The molecule has 1 aromatic carbocycles. The Kier molecular flexibility index (Phi) is 4.11. The lowest BCUT2D eigenvalue weighted by Gasteiger charge is -2.09. The molecule has 6 heteroatoms. The Morgan fingerprint density at radius 2 is 2.29 bits per heavy atom. The summed E-state index contributed by atoms with van der Waals surface area (Å²) in [5.74, 6) is 1.31. The van der Waals surface area contributed by atoms with Gasteiger partial charge >= 0.3 is 0 Å². The standard InChI is InChI=1S/C11H12BrN3O2/c12-9-1-2-10(8(5-9)3-4-13)16-6-11-14-7-17-15-11/h1-2,5,7H,3-4,6,13H2. The maximum Gasteiger partial charge on any atom is 0.213 e. The summed E-state index contributed by atoms with van der Waals surface area (Å²) in [6.45, 7) is 0.866. The first kappa shape index (κ1) is 12.1. The molecule has 0 atom stereocenters. The van der Waals surface area contributed by atoms with Gasteiger partial charge in [-0.1, -0.05) is 21.1 Å². The van der Waals surface area contributed by atoms with E-state index in [4.69, 9.17) is 10.5 Å². The van der Waals surface area contributed by atoms with Gasteiger partial charge in [0, 0.05) is 4.47 Å². The molecule has 2 aromatic rings. The zero-order chi connectivity index (χ0) is 12.1. The number of nitrogens with zero attached hydrogens (tertiary/aromatic N) is 2. The van der Waals surface area contributed by atoms with E-state index in [1.807, 2.05) is 18.2 Å². The third kappa shape index (κ3) is 3.28. The van der Waals surface area contributed by atoms with Gasteiger partial charge in [0.05, 0.1) is 0 Å². The molecule has 0 spiro atoms. The highest BCUT2D eigenvalue weighted by Gasteiger charge is 2.06. The maximum absolute atomic E-state index is 5.63. The van der Waals surface area contributed by atoms with Gasteiger partial charge < -0.3 is 15.0 Å². The van der Waals surface area contributed by atoms with Crippen LogP contribution in [0, 0.1) is 0 Å². The number of halogens is 1. The fourth-order valence-corrected chi connectivity index (χ4v) is 1.85. The van der Waals surface area contributed by atoms with Gasteiger partial charge in [0.1, 0.15) is 5.75 Å². The fourth-order valence-electron chi connectivity index (χ4n) is 1.44. The van der Waals surface area contributed by atoms with E-state index in [9.17, 15) is 0 Å². The monoisotopic (exact) mass is 297 g/mol. The van der Waals surface area contributed by atoms with Crippen LogP contribution < -0.4 is 10.5 Å². The van der Waals surface area contributed by atoms with Crippen molar-refractivity contribution in [1.29, 1.82) is 0 Å². The van der Waals surface area contributed by atoms with Crippen molar-refractivity contribution in [2.24, 2.45) is 5.73 Å². The Balaban J connectivity index is 2.08. The van der Waals surface area contributed by atoms with E-state index >= 15 is 0 Å². The first-order valence-corrected chi connectivity index (χ1v) is 5.95. The maximum atomic E-state index is 5.63. The number of nitrogens with two attached hydrogens (primary N) is 1. The van der Waals surface area contributed by atoms with E-state index in [0.717, 1.165) is 22.2 Å². The Morgan fingerprint density at radius 1 is 1.41 bits per heavy atom. The lowest BCUT2D eigenvalue weighted by molar-refractivity contribution is 0.284. The first-order chi connectivity index (χ1) is 8.29. The van der Waals surface area contributed by atoms with Crippen molar-refractivity contribution in [3.8, 4) is 5.75 Å². The molecule has 0 fully saturated rings. The first-order valence-electron chi connectivity index (χ1n) is 5.16. The molecule has 2 N–H and O–H groups in total. The predicted molar refractivity (Wildman–Crippen MR) is 65.5 cm³/mol. The molecule has 0 amide bonds. The highest BCUT2D eigenvalue weighted by Crippen LogP contribution is 2.24. The molecule has 0 aliphatic rings. The summed E-state index contributed by atoms with van der Waals surface area (Å²) in [7, 11) is 0. The number of hydrogen-bond acceptors (Lipinski definition) is 5. The second-order valence-corrected chi connectivity index (χ2v) is 4.34. The van der Waals surface area contributed by atoms with Gasteiger partial charge in [-0.15, -0.1) is 0 Å². The average molecular weight is 298 g/mol. The molecule has 0 aliphatic carbocycles. The molecule has 1 heterocycles. The zero-order valence-corrected chi connectivity index (χ0v) is 10.7. The highest BCUT2D eigenvalue weighted by molar-refractivity contribution is 9.10. The number of hydrogen-bond donors (Lipinski definition) is 1. The van der Waals surface area contributed by atoms with E-state index in [1.165, 1.54) is 6.39 Å². The largest absolute Gasteiger partial charge is 0.485 e. The molecule has 0 aliphatic heterocycles. The van der Waals surface area contributed by atoms with E-state index in [2.05, 4.69) is 30.6 Å². The van der Waals surface area contributed by atoms with Crippen molar-refractivity contribution in [3.05, 3.63) is 40.5 Å². The summed E-state index contributed by atoms with van der Waals surface area (Å²) in [6.07, 6.45) is 2.04. The van der Waals surface area contributed by atoms with Gasteiger partial charge in [-0.05, 0) is 36.7 Å². The molecule has 0 bridgehead atoms. The van der Waals surface area contributed by atoms with Crippen LogP contribution in [-0.4, -0.2) is 16.7 Å². The number of aromatic nitrogens is 2. The molecular formula is C11H12BrN3O2. The molecule has 5 nitrogen and oxygen atoms in total. The van der Waals surface area contributed by atoms with Crippen LogP contribution in [0.5, 0.6) is 5.75 Å². The van der Waals surface area contributed by atoms with Crippen molar-refractivity contribution in [2.75, 3.05) is 6.54 Å². The van der Waals surface area contributed by atoms with Gasteiger partial charge in [-0.25, -0.2) is 0 Å². The van der Waals surface area contributed by atoms with Gasteiger partial charge in [-0.2, -0.15) is 4.98 Å². The van der Waals surface area contributed by atoms with Gasteiger partial charge in [0.25, 0.3) is 0 Å². The van der Waals surface area contributed by atoms with Crippen LogP contribution in [0.3, 0.4) is 0 Å². The van der Waals surface area contributed by atoms with Crippen molar-refractivity contribution in [2.45, 2.75) is 13.0 Å². The topological polar surface area (TPSA) is 74.2 Å². The fraction of sp³-hybridized carbons (Fsp3) is 0.273. The molecule has 2 rings (SSSR count). The minimum absolute atomic E-state index is 0.287. The summed E-state index contributed by atoms with van der Waals surface area (Å²) in [5.41, 5.74) is 6.62. The number of ether oxygens (including phenoxy) is 1. The summed E-state index contributed by atoms with van der Waals surface area (Å²) in [6, 6.07) is 5.82. The van der Waals surface area contributed by atoms with E-state index in [-0.39, 0.29) is 6.61 Å². The molecule has 0 saturated heterocycles. The lowest BCUT2D eigenvalue weighted by Crippen LogP contribution is -2.06. The smallest absolute Gasteiger partial charge is 0.213 e. The molecule has 1 aromatic heterocycles. The van der Waals surface area contributed by atoms with Crippen molar-refractivity contribution < 1.29 is 9.26 Å². The number of rotatable bonds is 5. The predicted octanol–water partition coefficient (Wildman–Crippen LogP) is 1.91. The number of benzene rings is 1. The quantitative estimate of drug-likeness (QED) is 0.912. The van der Waals surface area contributed by atoms with Crippen molar-refractivity contribution in [1.82, 2.24) is 10.1 Å². The van der Waals surface area contributed by atoms with Crippen LogP contribution in [0.15, 0.2) is 33.6 Å². The summed E-state index contributed by atoms with van der Waals surface area (Å²) >= 11 is 3.42. The summed E-state index contributed by atoms with van der Waals surface area (Å²) in [5, 5.41) is 3.68. The van der Waals surface area contributed by atoms with Crippen LogP contribution in [0.2, 0.25) is 0 Å². The van der Waals surface area contributed by atoms with E-state index < -0.39 is 0 Å². The van der Waals surface area contributed by atoms with E-state index in [0.29, 0.717) is 12.4 Å². The van der Waals surface area contributed by atoms with Crippen LogP contribution in [0.1, 0.15) is 11.4 Å². The molecule has 0 saturated carbocycles. The summed E-state index contributed by atoms with van der Waals surface area (Å²) < 4.78 is 11.3. The SMILES string of the molecule is NCCc1cc(Br)ccc1OCc1ncon1. The van der Waals surface area contributed by atoms with Gasteiger partial charge in [0.15, 0.2) is 6.61 Å². The van der Waals surface area contributed by atoms with Crippen molar-refractivity contribution >= 4 is 15.9 Å². The Hall–Kier alpha value is -1.40. The molecule has 90 valence electrons. The minimum Gasteiger partial charge on any atom is -0.485 e.